The summed E-state index contributed by atoms with van der Waals surface area (Å²) >= 11 is 0. The van der Waals surface area contributed by atoms with Crippen molar-refractivity contribution < 1.29 is 19.4 Å². The van der Waals surface area contributed by atoms with E-state index in [-0.39, 0.29) is 30.8 Å². The number of esters is 1. The summed E-state index contributed by atoms with van der Waals surface area (Å²) in [6.45, 7) is 5.48. The van der Waals surface area contributed by atoms with Gasteiger partial charge in [-0.1, -0.05) is 13.8 Å². The van der Waals surface area contributed by atoms with Crippen LogP contribution in [0, 0.1) is 5.92 Å². The molecule has 0 amide bonds. The predicted octanol–water partition coefficient (Wildman–Crippen LogP) is 1.83. The molecular formula is C10H18O4. The highest BCUT2D eigenvalue weighted by molar-refractivity contribution is 5.72. The van der Waals surface area contributed by atoms with Crippen LogP contribution >= 0.6 is 0 Å². The lowest BCUT2D eigenvalue weighted by molar-refractivity contribution is -0.149. The highest BCUT2D eigenvalue weighted by Crippen LogP contribution is 2.10. The van der Waals surface area contributed by atoms with Crippen molar-refractivity contribution in [1.29, 1.82) is 0 Å². The highest BCUT2D eigenvalue weighted by atomic mass is 16.5. The Kier molecular flexibility index (Phi) is 5.92. The summed E-state index contributed by atoms with van der Waals surface area (Å²) in [5.41, 5.74) is 0. The van der Waals surface area contributed by atoms with Gasteiger partial charge in [-0.05, 0) is 19.3 Å². The molecule has 0 saturated heterocycles. The van der Waals surface area contributed by atoms with Crippen LogP contribution in [0.5, 0.6) is 0 Å². The van der Waals surface area contributed by atoms with Gasteiger partial charge in [-0.15, -0.1) is 0 Å². The second-order valence-corrected chi connectivity index (χ2v) is 3.62. The molecule has 0 aromatic rings. The number of hydrogen-bond donors (Lipinski definition) is 1. The van der Waals surface area contributed by atoms with Crippen LogP contribution in [0.15, 0.2) is 0 Å². The van der Waals surface area contributed by atoms with Crippen LogP contribution in [-0.4, -0.2) is 23.1 Å². The SMILES string of the molecule is CCC(C)OC(=O)C[C@H](C)CC(=O)O. The van der Waals surface area contributed by atoms with Crippen LogP contribution in [0.3, 0.4) is 0 Å². The molecule has 0 aliphatic heterocycles. The average molecular weight is 202 g/mol. The fourth-order valence-corrected chi connectivity index (χ4v) is 1.01. The standard InChI is InChI=1S/C10H18O4/c1-4-8(3)14-10(13)6-7(2)5-9(11)12/h7-8H,4-6H2,1-3H3,(H,11,12)/t7-,8?/m1/s1. The molecule has 0 rings (SSSR count). The molecule has 1 unspecified atom stereocenters. The van der Waals surface area contributed by atoms with Gasteiger partial charge in [-0.25, -0.2) is 0 Å². The number of hydrogen-bond acceptors (Lipinski definition) is 3. The van der Waals surface area contributed by atoms with Crippen LogP contribution in [0.4, 0.5) is 0 Å². The number of aliphatic carboxylic acids is 1. The van der Waals surface area contributed by atoms with Crippen LogP contribution in [0.2, 0.25) is 0 Å². The molecular weight excluding hydrogens is 184 g/mol. The largest absolute Gasteiger partial charge is 0.481 e. The molecule has 4 nitrogen and oxygen atoms in total. The van der Waals surface area contributed by atoms with E-state index in [1.54, 1.807) is 6.92 Å². The Bertz CT molecular complexity index is 200. The molecule has 0 bridgehead atoms. The summed E-state index contributed by atoms with van der Waals surface area (Å²) in [5.74, 6) is -1.36. The Morgan fingerprint density at radius 3 is 2.29 bits per heavy atom. The Hall–Kier alpha value is -1.06. The molecule has 14 heavy (non-hydrogen) atoms. The van der Waals surface area contributed by atoms with E-state index >= 15 is 0 Å². The molecule has 1 N–H and O–H groups in total. The molecule has 4 heteroatoms. The van der Waals surface area contributed by atoms with Crippen molar-refractivity contribution in [2.24, 2.45) is 5.92 Å². The first kappa shape index (κ1) is 12.9. The van der Waals surface area contributed by atoms with Gasteiger partial charge in [0.1, 0.15) is 0 Å². The third-order valence-corrected chi connectivity index (χ3v) is 1.95. The van der Waals surface area contributed by atoms with E-state index in [0.29, 0.717) is 0 Å². The molecule has 0 radical (unpaired) electrons. The van der Waals surface area contributed by atoms with Gasteiger partial charge in [0.25, 0.3) is 0 Å². The van der Waals surface area contributed by atoms with Crippen molar-refractivity contribution >= 4 is 11.9 Å². The lowest BCUT2D eigenvalue weighted by atomic mass is 10.0. The van der Waals surface area contributed by atoms with Gasteiger partial charge in [0.2, 0.25) is 0 Å². The third kappa shape index (κ3) is 6.46. The van der Waals surface area contributed by atoms with Crippen molar-refractivity contribution in [2.75, 3.05) is 0 Å². The molecule has 0 saturated carbocycles. The second-order valence-electron chi connectivity index (χ2n) is 3.62. The molecule has 0 fully saturated rings. The van der Waals surface area contributed by atoms with E-state index in [0.717, 1.165) is 6.42 Å². The number of carboxylic acid groups (broad SMARTS) is 1. The lowest BCUT2D eigenvalue weighted by Crippen LogP contribution is -2.17. The van der Waals surface area contributed by atoms with E-state index in [4.69, 9.17) is 9.84 Å². The Morgan fingerprint density at radius 1 is 1.29 bits per heavy atom. The van der Waals surface area contributed by atoms with Gasteiger partial charge in [0.15, 0.2) is 0 Å². The summed E-state index contributed by atoms with van der Waals surface area (Å²) in [6.07, 6.45) is 0.880. The molecule has 0 aromatic carbocycles. The van der Waals surface area contributed by atoms with E-state index in [2.05, 4.69) is 0 Å². The molecule has 0 aromatic heterocycles. The van der Waals surface area contributed by atoms with E-state index in [1.165, 1.54) is 0 Å². The maximum atomic E-state index is 11.2. The van der Waals surface area contributed by atoms with Crippen molar-refractivity contribution in [1.82, 2.24) is 0 Å². The summed E-state index contributed by atoms with van der Waals surface area (Å²) in [5, 5.41) is 8.47. The quantitative estimate of drug-likeness (QED) is 0.667. The smallest absolute Gasteiger partial charge is 0.306 e. The van der Waals surface area contributed by atoms with E-state index < -0.39 is 5.97 Å². The third-order valence-electron chi connectivity index (χ3n) is 1.95. The molecule has 0 spiro atoms. The predicted molar refractivity (Wildman–Crippen MR) is 51.9 cm³/mol. The van der Waals surface area contributed by atoms with Crippen LogP contribution in [0.1, 0.15) is 40.0 Å². The number of carbonyl (C=O) groups excluding carboxylic acids is 1. The zero-order chi connectivity index (χ0) is 11.1. The van der Waals surface area contributed by atoms with E-state index in [1.807, 2.05) is 13.8 Å². The van der Waals surface area contributed by atoms with Crippen molar-refractivity contribution in [3.63, 3.8) is 0 Å². The topological polar surface area (TPSA) is 63.6 Å². The van der Waals surface area contributed by atoms with E-state index in [9.17, 15) is 9.59 Å². The summed E-state index contributed by atoms with van der Waals surface area (Å²) in [4.78, 5) is 21.5. The van der Waals surface area contributed by atoms with Gasteiger partial charge >= 0.3 is 11.9 Å². The fraction of sp³-hybridized carbons (Fsp3) is 0.800. The monoisotopic (exact) mass is 202 g/mol. The van der Waals surface area contributed by atoms with Crippen molar-refractivity contribution in [2.45, 2.75) is 46.1 Å². The maximum Gasteiger partial charge on any atom is 0.306 e. The zero-order valence-electron chi connectivity index (χ0n) is 8.95. The Morgan fingerprint density at radius 2 is 1.86 bits per heavy atom. The first-order valence-electron chi connectivity index (χ1n) is 4.87. The van der Waals surface area contributed by atoms with Gasteiger partial charge < -0.3 is 9.84 Å². The first-order valence-corrected chi connectivity index (χ1v) is 4.87. The minimum atomic E-state index is -0.881. The van der Waals surface area contributed by atoms with Gasteiger partial charge in [0.05, 0.1) is 6.10 Å². The normalized spacial score (nSPS) is 14.5. The summed E-state index contributed by atoms with van der Waals surface area (Å²) in [7, 11) is 0. The van der Waals surface area contributed by atoms with Crippen molar-refractivity contribution in [3.8, 4) is 0 Å². The molecule has 0 aliphatic rings. The zero-order valence-corrected chi connectivity index (χ0v) is 8.95. The van der Waals surface area contributed by atoms with Gasteiger partial charge in [-0.2, -0.15) is 0 Å². The Labute approximate surface area is 84.3 Å². The van der Waals surface area contributed by atoms with Crippen LogP contribution in [-0.2, 0) is 14.3 Å². The lowest BCUT2D eigenvalue weighted by Gasteiger charge is -2.12. The first-order chi connectivity index (χ1) is 6.45. The minimum absolute atomic E-state index is 0.00953. The van der Waals surface area contributed by atoms with Crippen LogP contribution in [0.25, 0.3) is 0 Å². The van der Waals surface area contributed by atoms with Crippen LogP contribution < -0.4 is 0 Å². The fourth-order valence-electron chi connectivity index (χ4n) is 1.01. The number of ether oxygens (including phenoxy) is 1. The minimum Gasteiger partial charge on any atom is -0.481 e. The summed E-state index contributed by atoms with van der Waals surface area (Å²) in [6, 6.07) is 0. The Balaban J connectivity index is 3.76. The average Bonchev–Trinajstić information content (AvgIpc) is 2.01. The number of carbonyl (C=O) groups is 2. The number of carboxylic acids is 1. The van der Waals surface area contributed by atoms with Gasteiger partial charge in [0, 0.05) is 12.8 Å². The second kappa shape index (κ2) is 6.40. The molecule has 2 atom stereocenters. The highest BCUT2D eigenvalue weighted by Gasteiger charge is 2.14. The maximum absolute atomic E-state index is 11.2. The van der Waals surface area contributed by atoms with Gasteiger partial charge in [-0.3, -0.25) is 9.59 Å². The molecule has 0 heterocycles. The number of rotatable bonds is 6. The van der Waals surface area contributed by atoms with Crippen molar-refractivity contribution in [3.05, 3.63) is 0 Å². The summed E-state index contributed by atoms with van der Waals surface area (Å²) < 4.78 is 5.02. The molecule has 0 aliphatic carbocycles. The molecule has 82 valence electrons.